The van der Waals surface area contributed by atoms with E-state index in [1.54, 1.807) is 18.2 Å². The molecule has 1 aromatic rings. The lowest BCUT2D eigenvalue weighted by Gasteiger charge is -2.09. The van der Waals surface area contributed by atoms with Crippen LogP contribution >= 0.6 is 0 Å². The molecule has 0 bridgehead atoms. The van der Waals surface area contributed by atoms with Crippen LogP contribution in [0.2, 0.25) is 0 Å². The minimum absolute atomic E-state index is 0.0397. The predicted molar refractivity (Wildman–Crippen MR) is 53.8 cm³/mol. The molecule has 1 aromatic carbocycles. The van der Waals surface area contributed by atoms with Crippen molar-refractivity contribution < 1.29 is 0 Å². The van der Waals surface area contributed by atoms with Gasteiger partial charge in [-0.3, -0.25) is 0 Å². The lowest BCUT2D eigenvalue weighted by Crippen LogP contribution is -2.07. The van der Waals surface area contributed by atoms with Crippen LogP contribution in [0.3, 0.4) is 0 Å². The summed E-state index contributed by atoms with van der Waals surface area (Å²) in [5.41, 5.74) is 16.0. The second kappa shape index (κ2) is 3.45. The molecule has 0 amide bonds. The Bertz CT molecular complexity index is 511. The van der Waals surface area contributed by atoms with Gasteiger partial charge in [0.25, 0.3) is 0 Å². The van der Waals surface area contributed by atoms with Gasteiger partial charge in [0.1, 0.15) is 18.2 Å². The molecule has 0 aliphatic rings. The van der Waals surface area contributed by atoms with Gasteiger partial charge in [0, 0.05) is 0 Å². The van der Waals surface area contributed by atoms with Crippen molar-refractivity contribution >= 4 is 17.1 Å². The molecular formula is C9H6N6. The first-order chi connectivity index (χ1) is 7.08. The zero-order chi connectivity index (χ0) is 11.6. The van der Waals surface area contributed by atoms with Crippen LogP contribution < -0.4 is 17.2 Å². The van der Waals surface area contributed by atoms with Gasteiger partial charge in [-0.1, -0.05) is 0 Å². The molecule has 0 atom stereocenters. The van der Waals surface area contributed by atoms with Gasteiger partial charge in [-0.2, -0.15) is 15.8 Å². The standard InChI is InChI=1S/C9H6N6/c10-1-4-5(2-11)7(13)9(15)8(14)6(4)3-12/h13-15H2. The highest BCUT2D eigenvalue weighted by atomic mass is 14.7. The number of nitrogens with two attached hydrogens (primary N) is 3. The molecule has 1 rings (SSSR count). The number of nitriles is 3. The van der Waals surface area contributed by atoms with E-state index < -0.39 is 0 Å². The van der Waals surface area contributed by atoms with Crippen molar-refractivity contribution in [2.75, 3.05) is 17.2 Å². The van der Waals surface area contributed by atoms with Crippen LogP contribution in [-0.4, -0.2) is 0 Å². The fraction of sp³-hybridized carbons (Fsp3) is 0. The third-order valence-corrected chi connectivity index (χ3v) is 1.95. The van der Waals surface area contributed by atoms with E-state index in [4.69, 9.17) is 33.0 Å². The second-order valence-corrected chi connectivity index (χ2v) is 2.70. The van der Waals surface area contributed by atoms with E-state index in [0.29, 0.717) is 0 Å². The second-order valence-electron chi connectivity index (χ2n) is 2.70. The molecule has 0 unspecified atom stereocenters. The third kappa shape index (κ3) is 1.25. The zero-order valence-electron chi connectivity index (χ0n) is 7.57. The fourth-order valence-electron chi connectivity index (χ4n) is 1.15. The summed E-state index contributed by atoms with van der Waals surface area (Å²) in [4.78, 5) is 0. The van der Waals surface area contributed by atoms with Gasteiger partial charge in [-0.05, 0) is 0 Å². The monoisotopic (exact) mass is 198 g/mol. The van der Waals surface area contributed by atoms with Crippen molar-refractivity contribution in [3.8, 4) is 18.2 Å². The van der Waals surface area contributed by atoms with Crippen LogP contribution in [0.5, 0.6) is 0 Å². The molecular weight excluding hydrogens is 192 g/mol. The summed E-state index contributed by atoms with van der Waals surface area (Å²) in [6, 6.07) is 5.16. The molecule has 0 aliphatic heterocycles. The highest BCUT2D eigenvalue weighted by molar-refractivity contribution is 5.89. The van der Waals surface area contributed by atoms with E-state index in [1.807, 2.05) is 0 Å². The Morgan fingerprint density at radius 3 is 1.20 bits per heavy atom. The Morgan fingerprint density at radius 1 is 0.600 bits per heavy atom. The smallest absolute Gasteiger partial charge is 0.103 e. The van der Waals surface area contributed by atoms with Crippen LogP contribution in [0.15, 0.2) is 0 Å². The van der Waals surface area contributed by atoms with Crippen LogP contribution in [0, 0.1) is 34.0 Å². The first-order valence-electron chi connectivity index (χ1n) is 3.79. The number of hydrogen-bond acceptors (Lipinski definition) is 6. The summed E-state index contributed by atoms with van der Waals surface area (Å²) < 4.78 is 0. The Kier molecular flexibility index (Phi) is 2.34. The minimum Gasteiger partial charge on any atom is -0.396 e. The summed E-state index contributed by atoms with van der Waals surface area (Å²) in [7, 11) is 0. The molecule has 0 spiro atoms. The lowest BCUT2D eigenvalue weighted by atomic mass is 9.98. The van der Waals surface area contributed by atoms with Crippen LogP contribution in [0.4, 0.5) is 17.1 Å². The summed E-state index contributed by atoms with van der Waals surface area (Å²) >= 11 is 0. The first-order valence-corrected chi connectivity index (χ1v) is 3.79. The highest BCUT2D eigenvalue weighted by Gasteiger charge is 2.19. The van der Waals surface area contributed by atoms with Crippen molar-refractivity contribution in [3.63, 3.8) is 0 Å². The molecule has 0 aromatic heterocycles. The van der Waals surface area contributed by atoms with Gasteiger partial charge < -0.3 is 17.2 Å². The third-order valence-electron chi connectivity index (χ3n) is 1.95. The van der Waals surface area contributed by atoms with Crippen molar-refractivity contribution in [2.45, 2.75) is 0 Å². The average Bonchev–Trinajstić information content (AvgIpc) is 2.25. The largest absolute Gasteiger partial charge is 0.396 e. The van der Waals surface area contributed by atoms with Gasteiger partial charge in [0.05, 0.1) is 33.8 Å². The molecule has 0 radical (unpaired) electrons. The van der Waals surface area contributed by atoms with Crippen molar-refractivity contribution in [3.05, 3.63) is 16.7 Å². The fourth-order valence-corrected chi connectivity index (χ4v) is 1.15. The van der Waals surface area contributed by atoms with Gasteiger partial charge in [0.2, 0.25) is 0 Å². The number of nitrogens with zero attached hydrogens (tertiary/aromatic N) is 3. The van der Waals surface area contributed by atoms with E-state index in [-0.39, 0.29) is 33.8 Å². The number of anilines is 3. The predicted octanol–water partition coefficient (Wildman–Crippen LogP) is 0.0482. The Labute approximate surface area is 85.7 Å². The number of benzene rings is 1. The number of hydrogen-bond donors (Lipinski definition) is 3. The molecule has 0 saturated heterocycles. The molecule has 0 saturated carbocycles. The first kappa shape index (κ1) is 10.2. The van der Waals surface area contributed by atoms with Gasteiger partial charge in [-0.25, -0.2) is 0 Å². The van der Waals surface area contributed by atoms with Crippen molar-refractivity contribution in [1.82, 2.24) is 0 Å². The Balaban J connectivity index is 3.90. The van der Waals surface area contributed by atoms with Crippen LogP contribution in [-0.2, 0) is 0 Å². The van der Waals surface area contributed by atoms with Crippen LogP contribution in [0.25, 0.3) is 0 Å². The SMILES string of the molecule is N#Cc1c(N)c(N)c(N)c(C#N)c1C#N. The molecule has 15 heavy (non-hydrogen) atoms. The normalized spacial score (nSPS) is 8.60. The van der Waals surface area contributed by atoms with Crippen LogP contribution in [0.1, 0.15) is 16.7 Å². The topological polar surface area (TPSA) is 149 Å². The van der Waals surface area contributed by atoms with E-state index in [9.17, 15) is 0 Å². The van der Waals surface area contributed by atoms with Gasteiger partial charge >= 0.3 is 0 Å². The molecule has 0 aliphatic carbocycles. The zero-order valence-corrected chi connectivity index (χ0v) is 7.57. The molecule has 6 N–H and O–H groups in total. The molecule has 6 heteroatoms. The number of nitrogen functional groups attached to an aromatic ring is 3. The van der Waals surface area contributed by atoms with Crippen molar-refractivity contribution in [1.29, 1.82) is 15.8 Å². The minimum atomic E-state index is -0.135. The molecule has 0 fully saturated rings. The summed E-state index contributed by atoms with van der Waals surface area (Å²) in [6.45, 7) is 0. The summed E-state index contributed by atoms with van der Waals surface area (Å²) in [6.07, 6.45) is 0. The maximum atomic E-state index is 8.80. The number of rotatable bonds is 0. The Morgan fingerprint density at radius 2 is 0.933 bits per heavy atom. The van der Waals surface area contributed by atoms with E-state index in [2.05, 4.69) is 0 Å². The quantitative estimate of drug-likeness (QED) is 0.501. The van der Waals surface area contributed by atoms with E-state index in [1.165, 1.54) is 0 Å². The summed E-state index contributed by atoms with van der Waals surface area (Å²) in [5, 5.41) is 26.4. The van der Waals surface area contributed by atoms with E-state index in [0.717, 1.165) is 0 Å². The van der Waals surface area contributed by atoms with Crippen molar-refractivity contribution in [2.24, 2.45) is 0 Å². The lowest BCUT2D eigenvalue weighted by molar-refractivity contribution is 1.40. The van der Waals surface area contributed by atoms with E-state index >= 15 is 0 Å². The molecule has 6 nitrogen and oxygen atoms in total. The maximum absolute atomic E-state index is 8.80. The Hall–Kier alpha value is -2.91. The molecule has 72 valence electrons. The maximum Gasteiger partial charge on any atom is 0.103 e. The van der Waals surface area contributed by atoms with Gasteiger partial charge in [0.15, 0.2) is 0 Å². The summed E-state index contributed by atoms with van der Waals surface area (Å²) in [5.74, 6) is 0. The average molecular weight is 198 g/mol. The highest BCUT2D eigenvalue weighted by Crippen LogP contribution is 2.33. The van der Waals surface area contributed by atoms with Gasteiger partial charge in [-0.15, -0.1) is 0 Å². The molecule has 0 heterocycles.